The number of hydrogen-bond acceptors (Lipinski definition) is 0. The van der Waals surface area contributed by atoms with Crippen LogP contribution >= 0.6 is 0 Å². The Morgan fingerprint density at radius 3 is 1.31 bits per heavy atom. The van der Waals surface area contributed by atoms with Crippen LogP contribution in [-0.2, 0) is 16.2 Å². The monoisotopic (exact) mass is 830 g/mol. The summed E-state index contributed by atoms with van der Waals surface area (Å²) in [6.07, 6.45) is 0. The Kier molecular flexibility index (Phi) is 7.86. The van der Waals surface area contributed by atoms with Gasteiger partial charge in [-0.3, -0.25) is 0 Å². The highest BCUT2D eigenvalue weighted by Gasteiger charge is 2.39. The van der Waals surface area contributed by atoms with Gasteiger partial charge in [0.2, 0.25) is 0 Å². The van der Waals surface area contributed by atoms with Crippen LogP contribution in [0.5, 0.6) is 0 Å². The molecule has 0 unspecified atom stereocenters. The minimum absolute atomic E-state index is 0.0811. The normalized spacial score (nSPS) is 15.3. The van der Waals surface area contributed by atoms with Crippen LogP contribution in [0.4, 0.5) is 0 Å². The predicted octanol–water partition coefficient (Wildman–Crippen LogP) is 17.6. The summed E-state index contributed by atoms with van der Waals surface area (Å²) in [6.45, 7) is 14.4. The second-order valence-corrected chi connectivity index (χ2v) is 20.4. The van der Waals surface area contributed by atoms with E-state index in [0.717, 1.165) is 0 Å². The van der Waals surface area contributed by atoms with Gasteiger partial charge in [-0.2, -0.15) is 0 Å². The van der Waals surface area contributed by atoms with Gasteiger partial charge in [-0.05, 0) is 157 Å². The summed E-state index contributed by atoms with van der Waals surface area (Å²) in [5, 5.41) is 5.12. The fourth-order valence-corrected chi connectivity index (χ4v) is 12.5. The van der Waals surface area contributed by atoms with Crippen LogP contribution in [0.2, 0.25) is 0 Å². The fourth-order valence-electron chi connectivity index (χ4n) is 12.5. The molecule has 0 saturated carbocycles. The Labute approximate surface area is 382 Å². The molecule has 10 aromatic carbocycles. The Bertz CT molecular complexity index is 3670. The van der Waals surface area contributed by atoms with Crippen molar-refractivity contribution in [1.82, 2.24) is 0 Å². The largest absolute Gasteiger partial charge is 0.0622 e. The van der Waals surface area contributed by atoms with Crippen LogP contribution in [0.25, 0.3) is 99.4 Å². The highest BCUT2D eigenvalue weighted by atomic mass is 14.4. The molecule has 0 heterocycles. The van der Waals surface area contributed by atoms with Crippen LogP contribution in [0.15, 0.2) is 194 Å². The smallest absolute Gasteiger partial charge is 0.0159 e. The van der Waals surface area contributed by atoms with Crippen molar-refractivity contribution in [3.05, 3.63) is 228 Å². The molecule has 0 fully saturated rings. The lowest BCUT2D eigenvalue weighted by atomic mass is 9.79. The first-order valence-electron chi connectivity index (χ1n) is 23.3. The topological polar surface area (TPSA) is 0 Å². The van der Waals surface area contributed by atoms with E-state index >= 15 is 0 Å². The van der Waals surface area contributed by atoms with E-state index in [1.54, 1.807) is 0 Å². The Hall–Kier alpha value is -7.28. The van der Waals surface area contributed by atoms with Gasteiger partial charge in [0.1, 0.15) is 0 Å². The average molecular weight is 831 g/mol. The number of hydrogen-bond donors (Lipinski definition) is 0. The molecule has 0 heteroatoms. The van der Waals surface area contributed by atoms with Gasteiger partial charge >= 0.3 is 0 Å². The van der Waals surface area contributed by atoms with E-state index in [1.165, 1.54) is 133 Å². The first-order chi connectivity index (χ1) is 31.5. The standard InChI is InChI=1S/C65H50/c1-63(2)55-25-15-13-22-51(55)62-52(23-16-26-56(62)63)61-49-21-11-10-20-48(49)60(43-30-33-47-46-31-27-41(39-17-8-7-9-18-39)36-58(46)65(5,6)59(47)38-43)50-34-29-40(35-53(50)61)42-28-32-45-44-19-12-14-24-54(44)64(3,4)57(45)37-42/h7-38H,1-6H3. The lowest BCUT2D eigenvalue weighted by molar-refractivity contribution is 0.660. The Morgan fingerprint density at radius 2 is 0.631 bits per heavy atom. The Morgan fingerprint density at radius 1 is 0.215 bits per heavy atom. The highest BCUT2D eigenvalue weighted by molar-refractivity contribution is 6.23. The van der Waals surface area contributed by atoms with E-state index in [4.69, 9.17) is 0 Å². The second kappa shape index (κ2) is 13.4. The van der Waals surface area contributed by atoms with Gasteiger partial charge in [0.05, 0.1) is 0 Å². The van der Waals surface area contributed by atoms with E-state index in [-0.39, 0.29) is 16.2 Å². The summed E-state index contributed by atoms with van der Waals surface area (Å²) in [5.41, 5.74) is 26.3. The molecule has 0 saturated heterocycles. The third-order valence-electron chi connectivity index (χ3n) is 15.9. The van der Waals surface area contributed by atoms with Crippen molar-refractivity contribution in [2.75, 3.05) is 0 Å². The van der Waals surface area contributed by atoms with Gasteiger partial charge < -0.3 is 0 Å². The first kappa shape index (κ1) is 38.2. The van der Waals surface area contributed by atoms with Crippen molar-refractivity contribution < 1.29 is 0 Å². The zero-order chi connectivity index (χ0) is 44.0. The summed E-state index contributed by atoms with van der Waals surface area (Å²) in [4.78, 5) is 0. The summed E-state index contributed by atoms with van der Waals surface area (Å²) in [6, 6.07) is 74.0. The molecule has 0 amide bonds. The minimum atomic E-state index is -0.171. The molecule has 65 heavy (non-hydrogen) atoms. The summed E-state index contributed by atoms with van der Waals surface area (Å²) < 4.78 is 0. The number of fused-ring (bicyclic) bond motifs is 11. The van der Waals surface area contributed by atoms with Crippen molar-refractivity contribution in [2.45, 2.75) is 57.8 Å². The zero-order valence-corrected chi connectivity index (χ0v) is 38.0. The maximum atomic E-state index is 2.52. The third kappa shape index (κ3) is 5.26. The highest BCUT2D eigenvalue weighted by Crippen LogP contribution is 2.57. The van der Waals surface area contributed by atoms with Gasteiger partial charge in [0, 0.05) is 16.2 Å². The average Bonchev–Trinajstić information content (AvgIpc) is 3.82. The maximum absolute atomic E-state index is 2.52. The summed E-state index contributed by atoms with van der Waals surface area (Å²) >= 11 is 0. The van der Waals surface area contributed by atoms with Crippen molar-refractivity contribution in [1.29, 1.82) is 0 Å². The second-order valence-electron chi connectivity index (χ2n) is 20.4. The minimum Gasteiger partial charge on any atom is -0.0622 e. The van der Waals surface area contributed by atoms with Gasteiger partial charge in [-0.1, -0.05) is 211 Å². The molecule has 0 atom stereocenters. The van der Waals surface area contributed by atoms with Crippen LogP contribution in [0.3, 0.4) is 0 Å². The molecule has 3 aliphatic rings. The lowest BCUT2D eigenvalue weighted by Crippen LogP contribution is -2.15. The van der Waals surface area contributed by atoms with Crippen molar-refractivity contribution >= 4 is 21.5 Å². The number of rotatable bonds is 4. The van der Waals surface area contributed by atoms with E-state index in [9.17, 15) is 0 Å². The SMILES string of the molecule is CC1(C)c2ccccc2-c2ccc(-c3ccc4c(-c5ccc6c(c5)C(C)(C)c5cc(-c7ccccc7)ccc5-6)c5ccccc5c(-c5cccc6c5-c5ccccc5C6(C)C)c4c3)cc21. The molecule has 0 spiro atoms. The predicted molar refractivity (Wildman–Crippen MR) is 276 cm³/mol. The van der Waals surface area contributed by atoms with Crippen molar-refractivity contribution in [2.24, 2.45) is 0 Å². The van der Waals surface area contributed by atoms with Gasteiger partial charge in [-0.15, -0.1) is 0 Å². The van der Waals surface area contributed by atoms with Crippen molar-refractivity contribution in [3.63, 3.8) is 0 Å². The molecule has 0 N–H and O–H groups in total. The molecule has 310 valence electrons. The molecule has 0 bridgehead atoms. The van der Waals surface area contributed by atoms with Crippen molar-refractivity contribution in [3.8, 4) is 77.9 Å². The maximum Gasteiger partial charge on any atom is 0.0159 e. The summed E-state index contributed by atoms with van der Waals surface area (Å²) in [7, 11) is 0. The van der Waals surface area contributed by atoms with Gasteiger partial charge in [-0.25, -0.2) is 0 Å². The third-order valence-corrected chi connectivity index (χ3v) is 15.9. The molecule has 13 rings (SSSR count). The van der Waals surface area contributed by atoms with E-state index < -0.39 is 0 Å². The molecule has 0 nitrogen and oxygen atoms in total. The molecular weight excluding hydrogens is 781 g/mol. The van der Waals surface area contributed by atoms with E-state index in [2.05, 4.69) is 236 Å². The van der Waals surface area contributed by atoms with Crippen LogP contribution in [0, 0.1) is 0 Å². The van der Waals surface area contributed by atoms with E-state index in [1.807, 2.05) is 0 Å². The molecule has 0 aromatic heterocycles. The van der Waals surface area contributed by atoms with Crippen LogP contribution < -0.4 is 0 Å². The molecule has 0 aliphatic heterocycles. The summed E-state index contributed by atoms with van der Waals surface area (Å²) in [5.74, 6) is 0. The van der Waals surface area contributed by atoms with Gasteiger partial charge in [0.15, 0.2) is 0 Å². The lowest BCUT2D eigenvalue weighted by Gasteiger charge is -2.24. The van der Waals surface area contributed by atoms with E-state index in [0.29, 0.717) is 0 Å². The molecule has 3 aliphatic carbocycles. The van der Waals surface area contributed by atoms with Crippen LogP contribution in [-0.4, -0.2) is 0 Å². The Balaban J connectivity index is 1.07. The first-order valence-corrected chi connectivity index (χ1v) is 23.3. The molecule has 0 radical (unpaired) electrons. The zero-order valence-electron chi connectivity index (χ0n) is 38.0. The molecule has 10 aromatic rings. The van der Waals surface area contributed by atoms with Gasteiger partial charge in [0.25, 0.3) is 0 Å². The van der Waals surface area contributed by atoms with Crippen LogP contribution in [0.1, 0.15) is 74.9 Å². The number of benzene rings is 10. The quantitative estimate of drug-likeness (QED) is 0.155. The molecular formula is C65H50. The fraction of sp³-hybridized carbons (Fsp3) is 0.138.